The van der Waals surface area contributed by atoms with Gasteiger partial charge in [-0.25, -0.2) is 5.43 Å². The zero-order valence-corrected chi connectivity index (χ0v) is 12.1. The number of hydrogen-bond donors (Lipinski definition) is 1. The lowest BCUT2D eigenvalue weighted by atomic mass is 10.1. The van der Waals surface area contributed by atoms with Gasteiger partial charge in [0, 0.05) is 10.9 Å². The van der Waals surface area contributed by atoms with Crippen molar-refractivity contribution < 1.29 is 4.79 Å². The molecule has 1 amide bonds. The molecule has 2 atom stereocenters. The first kappa shape index (κ1) is 13.8. The number of benzene rings is 2. The van der Waals surface area contributed by atoms with Crippen molar-refractivity contribution in [2.24, 2.45) is 11.0 Å². The highest BCUT2D eigenvalue weighted by Crippen LogP contribution is 2.47. The molecule has 3 rings (SSSR count). The third kappa shape index (κ3) is 3.50. The number of rotatable bonds is 4. The minimum atomic E-state index is -0.0258. The van der Waals surface area contributed by atoms with Crippen molar-refractivity contribution in [2.45, 2.75) is 12.3 Å². The molecule has 2 aromatic carbocycles. The van der Waals surface area contributed by atoms with Gasteiger partial charge in [0.15, 0.2) is 0 Å². The van der Waals surface area contributed by atoms with E-state index in [-0.39, 0.29) is 11.8 Å². The molecule has 0 heterocycles. The summed E-state index contributed by atoms with van der Waals surface area (Å²) in [6.07, 6.45) is 2.49. The molecule has 1 aliphatic carbocycles. The molecule has 0 unspecified atom stereocenters. The molecule has 106 valence electrons. The molecule has 0 radical (unpaired) electrons. The molecular weight excluding hydrogens is 284 g/mol. The standard InChI is InChI=1S/C17H15ClN2O/c18-14-8-4-5-12(9-14)11-19-20-17(21)16-10-15(16)13-6-2-1-3-7-13/h1-9,11,15-16H,10H2,(H,20,21)/t15-,16-/m0/s1. The summed E-state index contributed by atoms with van der Waals surface area (Å²) in [7, 11) is 0. The van der Waals surface area contributed by atoms with Crippen LogP contribution in [-0.2, 0) is 4.79 Å². The summed E-state index contributed by atoms with van der Waals surface area (Å²) in [5.74, 6) is 0.332. The summed E-state index contributed by atoms with van der Waals surface area (Å²) >= 11 is 5.88. The van der Waals surface area contributed by atoms with Crippen molar-refractivity contribution in [3.63, 3.8) is 0 Å². The number of halogens is 1. The van der Waals surface area contributed by atoms with E-state index in [1.165, 1.54) is 5.56 Å². The van der Waals surface area contributed by atoms with Crippen molar-refractivity contribution in [1.82, 2.24) is 5.43 Å². The molecule has 1 aliphatic rings. The first-order valence-corrected chi connectivity index (χ1v) is 7.25. The smallest absolute Gasteiger partial charge is 0.243 e. The molecule has 21 heavy (non-hydrogen) atoms. The van der Waals surface area contributed by atoms with Crippen molar-refractivity contribution >= 4 is 23.7 Å². The van der Waals surface area contributed by atoms with Crippen LogP contribution in [0.5, 0.6) is 0 Å². The summed E-state index contributed by atoms with van der Waals surface area (Å²) in [6, 6.07) is 17.4. The Hall–Kier alpha value is -2.13. The van der Waals surface area contributed by atoms with Gasteiger partial charge in [0.05, 0.1) is 6.21 Å². The van der Waals surface area contributed by atoms with E-state index >= 15 is 0 Å². The zero-order chi connectivity index (χ0) is 14.7. The lowest BCUT2D eigenvalue weighted by molar-refractivity contribution is -0.122. The SMILES string of the molecule is O=C(NN=Cc1cccc(Cl)c1)[C@H]1C[C@H]1c1ccccc1. The van der Waals surface area contributed by atoms with Gasteiger partial charge in [0.2, 0.25) is 5.91 Å². The van der Waals surface area contributed by atoms with Gasteiger partial charge in [-0.05, 0) is 35.6 Å². The van der Waals surface area contributed by atoms with Crippen LogP contribution in [0.15, 0.2) is 59.7 Å². The molecule has 0 bridgehead atoms. The van der Waals surface area contributed by atoms with Gasteiger partial charge in [-0.15, -0.1) is 0 Å². The maximum Gasteiger partial charge on any atom is 0.243 e. The maximum atomic E-state index is 12.0. The number of hydrazone groups is 1. The second-order valence-electron chi connectivity index (χ2n) is 5.15. The van der Waals surface area contributed by atoms with Crippen molar-refractivity contribution in [1.29, 1.82) is 0 Å². The quantitative estimate of drug-likeness (QED) is 0.680. The number of nitrogens with one attached hydrogen (secondary N) is 1. The van der Waals surface area contributed by atoms with E-state index in [4.69, 9.17) is 11.6 Å². The molecule has 4 heteroatoms. The van der Waals surface area contributed by atoms with E-state index < -0.39 is 0 Å². The molecule has 1 N–H and O–H groups in total. The van der Waals surface area contributed by atoms with E-state index in [9.17, 15) is 4.79 Å². The highest BCUT2D eigenvalue weighted by atomic mass is 35.5. The van der Waals surface area contributed by atoms with Gasteiger partial charge in [-0.1, -0.05) is 54.1 Å². The van der Waals surface area contributed by atoms with Gasteiger partial charge in [0.1, 0.15) is 0 Å². The van der Waals surface area contributed by atoms with Gasteiger partial charge < -0.3 is 0 Å². The fraction of sp³-hybridized carbons (Fsp3) is 0.176. The van der Waals surface area contributed by atoms with Gasteiger partial charge in [0.25, 0.3) is 0 Å². The van der Waals surface area contributed by atoms with Crippen LogP contribution in [0.3, 0.4) is 0 Å². The Bertz CT molecular complexity index is 670. The molecule has 3 nitrogen and oxygen atoms in total. The van der Waals surface area contributed by atoms with Crippen molar-refractivity contribution in [3.8, 4) is 0 Å². The third-order valence-electron chi connectivity index (χ3n) is 3.59. The van der Waals surface area contributed by atoms with Crippen LogP contribution in [0, 0.1) is 5.92 Å². The molecule has 0 aliphatic heterocycles. The molecule has 1 saturated carbocycles. The summed E-state index contributed by atoms with van der Waals surface area (Å²) < 4.78 is 0. The van der Waals surface area contributed by atoms with Gasteiger partial charge in [-0.3, -0.25) is 4.79 Å². The fourth-order valence-electron chi connectivity index (χ4n) is 2.39. The summed E-state index contributed by atoms with van der Waals surface area (Å²) in [5.41, 5.74) is 4.68. The predicted molar refractivity (Wildman–Crippen MR) is 84.5 cm³/mol. The summed E-state index contributed by atoms with van der Waals surface area (Å²) in [6.45, 7) is 0. The summed E-state index contributed by atoms with van der Waals surface area (Å²) in [4.78, 5) is 12.0. The number of carbonyl (C=O) groups is 1. The maximum absolute atomic E-state index is 12.0. The first-order chi connectivity index (χ1) is 10.2. The number of amides is 1. The average Bonchev–Trinajstić information content (AvgIpc) is 3.29. The topological polar surface area (TPSA) is 41.5 Å². The Balaban J connectivity index is 1.54. The molecular formula is C17H15ClN2O. The van der Waals surface area contributed by atoms with Crippen LogP contribution < -0.4 is 5.43 Å². The van der Waals surface area contributed by atoms with Crippen molar-refractivity contribution in [3.05, 3.63) is 70.7 Å². The van der Waals surface area contributed by atoms with Crippen LogP contribution in [0.2, 0.25) is 5.02 Å². The monoisotopic (exact) mass is 298 g/mol. The minimum absolute atomic E-state index is 0.0258. The zero-order valence-electron chi connectivity index (χ0n) is 11.4. The van der Waals surface area contributed by atoms with Gasteiger partial charge >= 0.3 is 0 Å². The van der Waals surface area contributed by atoms with Crippen molar-refractivity contribution in [2.75, 3.05) is 0 Å². The van der Waals surface area contributed by atoms with Crippen LogP contribution in [-0.4, -0.2) is 12.1 Å². The Labute approximate surface area is 128 Å². The second kappa shape index (κ2) is 6.10. The number of nitrogens with zero attached hydrogens (tertiary/aromatic N) is 1. The fourth-order valence-corrected chi connectivity index (χ4v) is 2.59. The minimum Gasteiger partial charge on any atom is -0.273 e. The van der Waals surface area contributed by atoms with Crippen LogP contribution in [0.4, 0.5) is 0 Å². The molecule has 0 saturated heterocycles. The van der Waals surface area contributed by atoms with E-state index in [0.29, 0.717) is 10.9 Å². The first-order valence-electron chi connectivity index (χ1n) is 6.87. The molecule has 2 aromatic rings. The highest BCUT2D eigenvalue weighted by Gasteiger charge is 2.43. The third-order valence-corrected chi connectivity index (χ3v) is 3.83. The Morgan fingerprint density at radius 2 is 2.00 bits per heavy atom. The largest absolute Gasteiger partial charge is 0.273 e. The normalized spacial score (nSPS) is 20.4. The number of carbonyl (C=O) groups excluding carboxylic acids is 1. The number of hydrogen-bond acceptors (Lipinski definition) is 2. The van der Waals surface area contributed by atoms with E-state index in [1.807, 2.05) is 30.3 Å². The lowest BCUT2D eigenvalue weighted by Crippen LogP contribution is -2.20. The van der Waals surface area contributed by atoms with Crippen LogP contribution >= 0.6 is 11.6 Å². The Morgan fingerprint density at radius 1 is 1.19 bits per heavy atom. The van der Waals surface area contributed by atoms with Gasteiger partial charge in [-0.2, -0.15) is 5.10 Å². The predicted octanol–water partition coefficient (Wildman–Crippen LogP) is 3.59. The molecule has 1 fully saturated rings. The Kier molecular flexibility index (Phi) is 4.02. The summed E-state index contributed by atoms with van der Waals surface area (Å²) in [5, 5.41) is 4.64. The van der Waals surface area contributed by atoms with E-state index in [0.717, 1.165) is 12.0 Å². The highest BCUT2D eigenvalue weighted by molar-refractivity contribution is 6.30. The van der Waals surface area contributed by atoms with Crippen LogP contribution in [0.1, 0.15) is 23.5 Å². The average molecular weight is 299 g/mol. The molecule has 0 spiro atoms. The lowest BCUT2D eigenvalue weighted by Gasteiger charge is -2.00. The van der Waals surface area contributed by atoms with E-state index in [2.05, 4.69) is 22.7 Å². The molecule has 0 aromatic heterocycles. The Morgan fingerprint density at radius 3 is 2.76 bits per heavy atom. The van der Waals surface area contributed by atoms with E-state index in [1.54, 1.807) is 18.3 Å². The van der Waals surface area contributed by atoms with Crippen LogP contribution in [0.25, 0.3) is 0 Å². The second-order valence-corrected chi connectivity index (χ2v) is 5.59.